The van der Waals surface area contributed by atoms with Crippen LogP contribution in [0.3, 0.4) is 0 Å². The average Bonchev–Trinajstić information content (AvgIpc) is 0. The van der Waals surface area contributed by atoms with Gasteiger partial charge in [-0.15, -0.1) is 0 Å². The van der Waals surface area contributed by atoms with Gasteiger partial charge in [-0.05, 0) is 0 Å². The van der Waals surface area contributed by atoms with E-state index in [-0.39, 0.29) is 101 Å². The molecule has 0 fully saturated rings. The Bertz CT molecular complexity index is 8.00. The summed E-state index contributed by atoms with van der Waals surface area (Å²) in [7, 11) is 0. The zero-order chi connectivity index (χ0) is 0. The third kappa shape index (κ3) is 9.02. The molecule has 0 spiro atoms. The van der Waals surface area contributed by atoms with Crippen molar-refractivity contribution in [1.82, 2.24) is 0 Å². The molecule has 4 heteroatoms. The van der Waals surface area contributed by atoms with Crippen LogP contribution in [0.5, 0.6) is 0 Å². The maximum atomic E-state index is 0. The van der Waals surface area contributed by atoms with Gasteiger partial charge >= 0.3 is 0 Å². The van der Waals surface area contributed by atoms with Gasteiger partial charge in [0, 0.05) is 91.5 Å². The second-order valence-corrected chi connectivity index (χ2v) is 0. The fourth-order valence-electron chi connectivity index (χ4n) is 0. The molecular weight excluding hydrogens is 150 g/mol. The normalized spacial score (nSPS) is 0. The van der Waals surface area contributed by atoms with E-state index in [0.717, 1.165) is 0 Å². The van der Waals surface area contributed by atoms with Gasteiger partial charge in [-0.25, -0.2) is 0 Å². The van der Waals surface area contributed by atoms with Gasteiger partial charge in [0.05, 0.1) is 0 Å². The molecule has 3 radical (unpaired) electrons. The second kappa shape index (κ2) is 16.2. The fraction of sp³-hybridized carbons (Fsp3) is 0. The van der Waals surface area contributed by atoms with Crippen molar-refractivity contribution in [3.8, 4) is 0 Å². The second-order valence-electron chi connectivity index (χ2n) is 0. The molecule has 0 N–H and O–H groups in total. The molecule has 0 rings (SSSR count). The first-order valence-corrected chi connectivity index (χ1v) is 0. The maximum absolute atomic E-state index is 0. The third-order valence-electron chi connectivity index (χ3n) is 0. The van der Waals surface area contributed by atoms with E-state index in [0.29, 0.717) is 0 Å². The Morgan fingerprint density at radius 1 is 1.00 bits per heavy atom. The van der Waals surface area contributed by atoms with E-state index in [9.17, 15) is 0 Å². The number of hydrogen-bond acceptors (Lipinski definition) is 0. The molecule has 0 aliphatic rings. The zero-order valence-electron chi connectivity index (χ0n) is 2.77. The summed E-state index contributed by atoms with van der Waals surface area (Å²) in [6.07, 6.45) is 0. The molecule has 0 aliphatic carbocycles. The molecule has 0 heterocycles. The van der Waals surface area contributed by atoms with Crippen molar-refractivity contribution in [1.29, 1.82) is 0 Å². The van der Waals surface area contributed by atoms with Crippen molar-refractivity contribution in [3.05, 3.63) is 0 Å². The van der Waals surface area contributed by atoms with Gasteiger partial charge in [0.2, 0.25) is 0 Å². The Morgan fingerprint density at radius 3 is 1.00 bits per heavy atom. The molecule has 0 aromatic carbocycles. The molecule has 0 aromatic rings. The van der Waals surface area contributed by atoms with Gasteiger partial charge in [-0.2, -0.15) is 9.90 Å². The summed E-state index contributed by atoms with van der Waals surface area (Å²) in [6, 6.07) is 0. The van der Waals surface area contributed by atoms with Crippen LogP contribution < -0.4 is 0 Å². The monoisotopic (exact) mass is 153 g/mol. The van der Waals surface area contributed by atoms with Gasteiger partial charge in [-0.3, -0.25) is 0 Å². The predicted octanol–water partition coefficient (Wildman–Crippen LogP) is -0.706. The maximum Gasteiger partial charge on any atom is 0 e. The van der Waals surface area contributed by atoms with E-state index >= 15 is 0 Å². The molecule has 0 bridgehead atoms. The van der Waals surface area contributed by atoms with Crippen LogP contribution in [0.2, 0.25) is 0 Å². The number of hydrogen-bond donors (Lipinski definition) is 0. The van der Waals surface area contributed by atoms with E-state index in [1.54, 1.807) is 0 Å². The van der Waals surface area contributed by atoms with E-state index in [4.69, 9.17) is 0 Å². The Labute approximate surface area is 98.9 Å². The van der Waals surface area contributed by atoms with Crippen molar-refractivity contribution in [2.24, 2.45) is 0 Å². The summed E-state index contributed by atoms with van der Waals surface area (Å²) < 4.78 is 0. The Kier molecular flexibility index (Phi) is 107. The average molecular weight is 153 g/mol. The predicted molar refractivity (Wildman–Crippen MR) is 22.6 cm³/mol. The minimum atomic E-state index is 0. The van der Waals surface area contributed by atoms with Crippen LogP contribution in [0, 0.1) is 0 Å². The van der Waals surface area contributed by atoms with Gasteiger partial charge < -0.3 is 0 Å². The van der Waals surface area contributed by atoms with Crippen molar-refractivity contribution in [3.63, 3.8) is 0 Å². The van der Waals surface area contributed by atoms with Crippen molar-refractivity contribution >= 4 is 84.3 Å². The third-order valence-corrected chi connectivity index (χ3v) is 0. The van der Waals surface area contributed by atoms with Gasteiger partial charge in [-0.1, -0.05) is 0 Å². The first-order valence-electron chi connectivity index (χ1n) is 0. The van der Waals surface area contributed by atoms with Crippen LogP contribution >= 0.6 is 9.90 Å². The van der Waals surface area contributed by atoms with Crippen LogP contribution in [0.1, 0.15) is 0 Å². The van der Waals surface area contributed by atoms with Crippen LogP contribution in [0.4, 0.5) is 0 Å². The first-order chi connectivity index (χ1) is 0. The smallest absolute Gasteiger partial charge is 0 e. The van der Waals surface area contributed by atoms with Crippen LogP contribution in [-0.2, 0) is 17.1 Å². The molecule has 0 nitrogen and oxygen atoms in total. The molecule has 4 heavy (non-hydrogen) atoms. The van der Waals surface area contributed by atoms with Crippen LogP contribution in [0.25, 0.3) is 0 Å². The minimum absolute atomic E-state index is 0. The van der Waals surface area contributed by atoms with Crippen molar-refractivity contribution < 1.29 is 17.1 Å². The van der Waals surface area contributed by atoms with E-state index < -0.39 is 0 Å². The van der Waals surface area contributed by atoms with Crippen molar-refractivity contribution in [2.45, 2.75) is 0 Å². The topological polar surface area (TPSA) is 0 Å². The standard InChI is InChI=1S/Fe.K.Mg.H3P/h;;;1H3. The molecule has 1 atom stereocenters. The number of rotatable bonds is 0. The SMILES string of the molecule is P.[Fe].[K].[Mg]. The summed E-state index contributed by atoms with van der Waals surface area (Å²) in [5.41, 5.74) is 0. The Morgan fingerprint density at radius 2 is 1.00 bits per heavy atom. The summed E-state index contributed by atoms with van der Waals surface area (Å²) in [6.45, 7) is 0. The first kappa shape index (κ1) is 26.4. The molecule has 0 amide bonds. The van der Waals surface area contributed by atoms with Crippen LogP contribution in [-0.4, -0.2) is 74.4 Å². The van der Waals surface area contributed by atoms with Crippen LogP contribution in [0.15, 0.2) is 0 Å². The molecular formula is H3FeKMgP. The van der Waals surface area contributed by atoms with Crippen molar-refractivity contribution in [2.75, 3.05) is 0 Å². The summed E-state index contributed by atoms with van der Waals surface area (Å²) in [4.78, 5) is 0. The Hall–Kier alpha value is 3.35. The Balaban J connectivity index is 0. The molecule has 1 unspecified atom stereocenters. The summed E-state index contributed by atoms with van der Waals surface area (Å²) >= 11 is 0. The van der Waals surface area contributed by atoms with Gasteiger partial charge in [0.25, 0.3) is 0 Å². The van der Waals surface area contributed by atoms with Gasteiger partial charge in [0.15, 0.2) is 0 Å². The zero-order valence-corrected chi connectivity index (χ0v) is 9.82. The summed E-state index contributed by atoms with van der Waals surface area (Å²) in [5, 5.41) is 0. The van der Waals surface area contributed by atoms with E-state index in [2.05, 4.69) is 0 Å². The minimum Gasteiger partial charge on any atom is -0.153 e. The quantitative estimate of drug-likeness (QED) is 0.319. The molecule has 0 aliphatic heterocycles. The molecule has 0 aromatic heterocycles. The molecule has 0 saturated carbocycles. The fourth-order valence-corrected chi connectivity index (χ4v) is 0. The molecule has 0 saturated heterocycles. The largest absolute Gasteiger partial charge is 0.153 e. The van der Waals surface area contributed by atoms with Gasteiger partial charge in [0.1, 0.15) is 0 Å². The van der Waals surface area contributed by atoms with E-state index in [1.807, 2.05) is 0 Å². The molecule has 19 valence electrons. The van der Waals surface area contributed by atoms with E-state index in [1.165, 1.54) is 0 Å². The summed E-state index contributed by atoms with van der Waals surface area (Å²) in [5.74, 6) is 0.